The van der Waals surface area contributed by atoms with Gasteiger partial charge in [-0.25, -0.2) is 0 Å². The van der Waals surface area contributed by atoms with Gasteiger partial charge < -0.3 is 16.4 Å². The lowest BCUT2D eigenvalue weighted by atomic mass is 9.75. The molecule has 4 N–H and O–H groups in total. The van der Waals surface area contributed by atoms with E-state index < -0.39 is 17.4 Å². The summed E-state index contributed by atoms with van der Waals surface area (Å²) in [6.45, 7) is 4.90. The molecule has 1 aromatic rings. The van der Waals surface area contributed by atoms with Gasteiger partial charge in [0.2, 0.25) is 11.8 Å². The number of primary amides is 1. The van der Waals surface area contributed by atoms with Crippen molar-refractivity contribution in [1.82, 2.24) is 10.6 Å². The topological polar surface area (TPSA) is 84.2 Å². The quantitative estimate of drug-likeness (QED) is 0.733. The Morgan fingerprint density at radius 1 is 1.32 bits per heavy atom. The third kappa shape index (κ3) is 3.59. The first-order valence-electron chi connectivity index (χ1n) is 7.39. The summed E-state index contributed by atoms with van der Waals surface area (Å²) in [5, 5.41) is 6.62. The lowest BCUT2D eigenvalue weighted by Crippen LogP contribution is -2.65. The summed E-state index contributed by atoms with van der Waals surface area (Å²) in [4.78, 5) is 24.1. The van der Waals surface area contributed by atoms with E-state index in [0.717, 1.165) is 5.56 Å². The van der Waals surface area contributed by atoms with Crippen LogP contribution in [-0.2, 0) is 16.0 Å². The molecule has 0 spiro atoms. The number of halogens is 1. The number of hydrogen-bond donors (Lipinski definition) is 3. The molecule has 0 unspecified atom stereocenters. The number of carbonyl (C=O) groups excluding carboxylic acids is 2. The average Bonchev–Trinajstić information content (AvgIpc) is 2.41. The fourth-order valence-corrected chi connectivity index (χ4v) is 2.77. The molecular formula is C16H22ClN3O2. The van der Waals surface area contributed by atoms with Crippen molar-refractivity contribution >= 4 is 23.4 Å². The van der Waals surface area contributed by atoms with Crippen LogP contribution in [0.3, 0.4) is 0 Å². The molecule has 0 aromatic heterocycles. The van der Waals surface area contributed by atoms with Gasteiger partial charge in [-0.05, 0) is 30.0 Å². The monoisotopic (exact) mass is 323 g/mol. The van der Waals surface area contributed by atoms with Crippen LogP contribution in [0.25, 0.3) is 0 Å². The van der Waals surface area contributed by atoms with Crippen molar-refractivity contribution in [3.63, 3.8) is 0 Å². The van der Waals surface area contributed by atoms with Crippen LogP contribution < -0.4 is 16.4 Å². The Morgan fingerprint density at radius 3 is 2.32 bits per heavy atom. The highest BCUT2D eigenvalue weighted by molar-refractivity contribution is 6.30. The fourth-order valence-electron chi connectivity index (χ4n) is 2.65. The zero-order chi connectivity index (χ0) is 16.3. The minimum absolute atomic E-state index is 0.0398. The largest absolute Gasteiger partial charge is 0.368 e. The maximum absolute atomic E-state index is 12.7. The highest BCUT2D eigenvalue weighted by atomic mass is 35.5. The Hall–Kier alpha value is -1.59. The molecule has 1 saturated heterocycles. The van der Waals surface area contributed by atoms with E-state index in [9.17, 15) is 9.59 Å². The zero-order valence-corrected chi connectivity index (χ0v) is 13.6. The van der Waals surface area contributed by atoms with Crippen molar-refractivity contribution < 1.29 is 9.59 Å². The number of hydrogen-bond acceptors (Lipinski definition) is 3. The molecule has 0 aliphatic carbocycles. The standard InChI is InChI=1S/C16H22ClN3O2/c1-10(2)13(14(18)21)20-15(22)16(8-19-9-16)7-11-3-5-12(17)6-4-11/h3-6,10,13,19H,7-9H2,1-2H3,(H2,18,21)(H,20,22)/t13-/m0/s1. The van der Waals surface area contributed by atoms with E-state index in [1.165, 1.54) is 0 Å². The van der Waals surface area contributed by atoms with Gasteiger partial charge in [0.15, 0.2) is 0 Å². The predicted molar refractivity (Wildman–Crippen MR) is 86.4 cm³/mol. The first-order chi connectivity index (χ1) is 10.3. The molecule has 1 aliphatic rings. The van der Waals surface area contributed by atoms with Crippen LogP contribution in [0.2, 0.25) is 5.02 Å². The van der Waals surface area contributed by atoms with Crippen LogP contribution in [0.4, 0.5) is 0 Å². The number of benzene rings is 1. The number of carbonyl (C=O) groups is 2. The molecule has 1 atom stereocenters. The molecule has 5 nitrogen and oxygen atoms in total. The highest BCUT2D eigenvalue weighted by Crippen LogP contribution is 2.29. The number of amides is 2. The lowest BCUT2D eigenvalue weighted by Gasteiger charge is -2.42. The normalized spacial score (nSPS) is 17.6. The van der Waals surface area contributed by atoms with Crippen molar-refractivity contribution in [2.24, 2.45) is 17.1 Å². The molecule has 2 amide bonds. The third-order valence-corrected chi connectivity index (χ3v) is 4.38. The molecule has 2 rings (SSSR count). The Morgan fingerprint density at radius 2 is 1.91 bits per heavy atom. The van der Waals surface area contributed by atoms with Crippen molar-refractivity contribution in [3.8, 4) is 0 Å². The summed E-state index contributed by atoms with van der Waals surface area (Å²) in [6.07, 6.45) is 0.604. The van der Waals surface area contributed by atoms with Crippen molar-refractivity contribution in [3.05, 3.63) is 34.9 Å². The molecule has 6 heteroatoms. The highest BCUT2D eigenvalue weighted by Gasteiger charge is 2.45. The lowest BCUT2D eigenvalue weighted by molar-refractivity contribution is -0.137. The Labute approximate surface area is 135 Å². The van der Waals surface area contributed by atoms with Crippen molar-refractivity contribution in [1.29, 1.82) is 0 Å². The van der Waals surface area contributed by atoms with E-state index in [2.05, 4.69) is 10.6 Å². The van der Waals surface area contributed by atoms with Crippen LogP contribution in [0.1, 0.15) is 19.4 Å². The first kappa shape index (κ1) is 16.8. The van der Waals surface area contributed by atoms with Gasteiger partial charge in [-0.1, -0.05) is 37.6 Å². The van der Waals surface area contributed by atoms with E-state index in [1.807, 2.05) is 38.1 Å². The molecule has 0 radical (unpaired) electrons. The van der Waals surface area contributed by atoms with Gasteiger partial charge in [0, 0.05) is 18.1 Å². The molecule has 1 fully saturated rings. The Kier molecular flexibility index (Phi) is 5.08. The predicted octanol–water partition coefficient (Wildman–Crippen LogP) is 1.10. The number of nitrogens with two attached hydrogens (primary N) is 1. The minimum atomic E-state index is -0.643. The van der Waals surface area contributed by atoms with Crippen molar-refractivity contribution in [2.45, 2.75) is 26.3 Å². The number of nitrogens with one attached hydrogen (secondary N) is 2. The molecule has 1 heterocycles. The van der Waals surface area contributed by atoms with Gasteiger partial charge in [0.05, 0.1) is 5.41 Å². The van der Waals surface area contributed by atoms with E-state index in [0.29, 0.717) is 24.5 Å². The van der Waals surface area contributed by atoms with Gasteiger partial charge in [-0.2, -0.15) is 0 Å². The van der Waals surface area contributed by atoms with E-state index in [-0.39, 0.29) is 11.8 Å². The number of rotatable bonds is 6. The SMILES string of the molecule is CC(C)[C@H](NC(=O)C1(Cc2ccc(Cl)cc2)CNC1)C(N)=O. The van der Waals surface area contributed by atoms with Gasteiger partial charge in [0.25, 0.3) is 0 Å². The fraction of sp³-hybridized carbons (Fsp3) is 0.500. The second-order valence-electron chi connectivity index (χ2n) is 6.28. The molecule has 0 saturated carbocycles. The summed E-state index contributed by atoms with van der Waals surface area (Å²) in [5.41, 5.74) is 5.89. The van der Waals surface area contributed by atoms with Crippen LogP contribution in [0.5, 0.6) is 0 Å². The summed E-state index contributed by atoms with van der Waals surface area (Å²) in [7, 11) is 0. The second-order valence-corrected chi connectivity index (χ2v) is 6.72. The third-order valence-electron chi connectivity index (χ3n) is 4.12. The summed E-state index contributed by atoms with van der Waals surface area (Å²) in [5.74, 6) is -0.668. The van der Waals surface area contributed by atoms with Crippen LogP contribution in [-0.4, -0.2) is 30.9 Å². The average molecular weight is 324 g/mol. The van der Waals surface area contributed by atoms with Gasteiger partial charge in [0.1, 0.15) is 6.04 Å². The molecule has 1 aliphatic heterocycles. The van der Waals surface area contributed by atoms with Crippen LogP contribution in [0.15, 0.2) is 24.3 Å². The van der Waals surface area contributed by atoms with Gasteiger partial charge in [-0.3, -0.25) is 9.59 Å². The van der Waals surface area contributed by atoms with Crippen LogP contribution >= 0.6 is 11.6 Å². The summed E-state index contributed by atoms with van der Waals surface area (Å²) in [6, 6.07) is 6.83. The van der Waals surface area contributed by atoms with Gasteiger partial charge >= 0.3 is 0 Å². The molecule has 120 valence electrons. The minimum Gasteiger partial charge on any atom is -0.368 e. The second kappa shape index (κ2) is 6.67. The Bertz CT molecular complexity index is 553. The molecule has 22 heavy (non-hydrogen) atoms. The maximum atomic E-state index is 12.7. The molecular weight excluding hydrogens is 302 g/mol. The first-order valence-corrected chi connectivity index (χ1v) is 7.77. The smallest absolute Gasteiger partial charge is 0.240 e. The van der Waals surface area contributed by atoms with Crippen molar-refractivity contribution in [2.75, 3.05) is 13.1 Å². The van der Waals surface area contributed by atoms with E-state index >= 15 is 0 Å². The summed E-state index contributed by atoms with van der Waals surface area (Å²) < 4.78 is 0. The van der Waals surface area contributed by atoms with E-state index in [1.54, 1.807) is 0 Å². The van der Waals surface area contributed by atoms with E-state index in [4.69, 9.17) is 17.3 Å². The summed E-state index contributed by atoms with van der Waals surface area (Å²) >= 11 is 5.89. The zero-order valence-electron chi connectivity index (χ0n) is 12.9. The van der Waals surface area contributed by atoms with Gasteiger partial charge in [-0.15, -0.1) is 0 Å². The maximum Gasteiger partial charge on any atom is 0.240 e. The Balaban J connectivity index is 2.10. The molecule has 1 aromatic carbocycles. The van der Waals surface area contributed by atoms with Crippen LogP contribution in [0, 0.1) is 11.3 Å². The molecule has 0 bridgehead atoms.